The van der Waals surface area contributed by atoms with E-state index in [9.17, 15) is 0 Å². The van der Waals surface area contributed by atoms with Crippen molar-refractivity contribution < 1.29 is 4.42 Å². The number of benzene rings is 8. The molecule has 1 aliphatic carbocycles. The monoisotopic (exact) mass is 897 g/mol. The molecule has 0 radical (unpaired) electrons. The summed E-state index contributed by atoms with van der Waals surface area (Å²) in [6.07, 6.45) is 2.32. The van der Waals surface area contributed by atoms with E-state index in [1.165, 1.54) is 77.2 Å². The van der Waals surface area contributed by atoms with Gasteiger partial charge in [-0.2, -0.15) is 0 Å². The van der Waals surface area contributed by atoms with Crippen LogP contribution in [0.2, 0.25) is 0 Å². The molecule has 13 rings (SSSR count). The molecule has 4 heterocycles. The van der Waals surface area contributed by atoms with Crippen molar-refractivity contribution in [1.82, 2.24) is 4.57 Å². The number of aromatic nitrogens is 1. The average molecular weight is 898 g/mol. The predicted molar refractivity (Wildman–Crippen MR) is 294 cm³/mol. The first-order valence-corrected chi connectivity index (χ1v) is 25.1. The van der Waals surface area contributed by atoms with Crippen LogP contribution < -0.4 is 20.6 Å². The largest absolute Gasteiger partial charge is 0.455 e. The minimum Gasteiger partial charge on any atom is -0.455 e. The van der Waals surface area contributed by atoms with E-state index in [0.717, 1.165) is 57.8 Å². The Morgan fingerprint density at radius 2 is 1.16 bits per heavy atom. The van der Waals surface area contributed by atoms with Gasteiger partial charge in [-0.15, -0.1) is 0 Å². The average Bonchev–Trinajstić information content (AvgIpc) is 3.88. The fraction of sp³-hybridized carbons (Fsp3) is 0.250. The first kappa shape index (κ1) is 42.2. The highest BCUT2D eigenvalue weighted by Crippen LogP contribution is 2.55. The van der Waals surface area contributed by atoms with Crippen LogP contribution in [-0.2, 0) is 21.7 Å². The highest BCUT2D eigenvalue weighted by Gasteiger charge is 2.47. The van der Waals surface area contributed by atoms with Gasteiger partial charge in [-0.25, -0.2) is 0 Å². The summed E-state index contributed by atoms with van der Waals surface area (Å²) in [5, 5.41) is 4.97. The van der Waals surface area contributed by atoms with Gasteiger partial charge in [0.1, 0.15) is 11.2 Å². The van der Waals surface area contributed by atoms with Crippen molar-refractivity contribution in [2.45, 2.75) is 104 Å². The third kappa shape index (κ3) is 6.08. The zero-order valence-electron chi connectivity index (χ0n) is 41.8. The Labute approximate surface area is 407 Å². The Bertz CT molecular complexity index is 3710. The maximum Gasteiger partial charge on any atom is 0.333 e. The molecule has 8 aromatic carbocycles. The van der Waals surface area contributed by atoms with Crippen molar-refractivity contribution in [1.29, 1.82) is 0 Å². The maximum absolute atomic E-state index is 7.37. The lowest BCUT2D eigenvalue weighted by Gasteiger charge is -2.43. The summed E-state index contributed by atoms with van der Waals surface area (Å²) in [6, 6.07) is 59.5. The van der Waals surface area contributed by atoms with Gasteiger partial charge in [-0.05, 0) is 140 Å². The van der Waals surface area contributed by atoms with Crippen molar-refractivity contribution >= 4 is 90.0 Å². The first-order chi connectivity index (χ1) is 33.0. The van der Waals surface area contributed by atoms with Crippen LogP contribution in [-0.4, -0.2) is 11.4 Å². The Morgan fingerprint density at radius 3 is 1.81 bits per heavy atom. The molecule has 69 heavy (non-hydrogen) atoms. The molecule has 0 atom stereocenters. The summed E-state index contributed by atoms with van der Waals surface area (Å²) in [6.45, 7) is 23.6. The predicted octanol–water partition coefficient (Wildman–Crippen LogP) is 16.3. The Morgan fingerprint density at radius 1 is 0.551 bits per heavy atom. The van der Waals surface area contributed by atoms with Crippen molar-refractivity contribution in [3.63, 3.8) is 0 Å². The standard InChI is InChI=1S/C64H60BN3O/c1-61(2,3)39-25-28-43(29-26-39)68-53-36-44(66(41-19-13-11-14-20-41)42-21-15-12-16-22-42)30-31-45(53)57-58-59-55(56-46-23-17-18-24-54(46)69-60(56)57)47-37-48-49(64(9,10)34-33-63(48,7)8)38-52(47)67(59)51-32-27-40(62(4,5)6)35-50(51)65(58)68/h11-32,35-38H,33-34H2,1-10H3. The summed E-state index contributed by atoms with van der Waals surface area (Å²) in [5.41, 5.74) is 21.9. The smallest absolute Gasteiger partial charge is 0.333 e. The molecule has 4 nitrogen and oxygen atoms in total. The minimum absolute atomic E-state index is 0.00528. The number of furan rings is 1. The Kier molecular flexibility index (Phi) is 8.73. The molecule has 2 aromatic heterocycles. The van der Waals surface area contributed by atoms with Crippen LogP contribution in [0.1, 0.15) is 104 Å². The number of hydrogen-bond acceptors (Lipinski definition) is 3. The summed E-state index contributed by atoms with van der Waals surface area (Å²) < 4.78 is 10.0. The van der Waals surface area contributed by atoms with Crippen molar-refractivity contribution in [3.05, 3.63) is 180 Å². The van der Waals surface area contributed by atoms with E-state index >= 15 is 0 Å². The molecule has 0 amide bonds. The number of fused-ring (bicyclic) bond motifs is 14. The summed E-state index contributed by atoms with van der Waals surface area (Å²) in [5.74, 6) is 0. The van der Waals surface area contributed by atoms with Gasteiger partial charge in [-0.1, -0.05) is 154 Å². The van der Waals surface area contributed by atoms with Gasteiger partial charge in [0.2, 0.25) is 0 Å². The van der Waals surface area contributed by atoms with Crippen LogP contribution >= 0.6 is 0 Å². The van der Waals surface area contributed by atoms with Gasteiger partial charge in [0.05, 0.1) is 11.0 Å². The molecule has 3 aliphatic rings. The van der Waals surface area contributed by atoms with E-state index < -0.39 is 0 Å². The summed E-state index contributed by atoms with van der Waals surface area (Å²) in [7, 11) is 0. The molecule has 0 N–H and O–H groups in total. The van der Waals surface area contributed by atoms with E-state index in [0.29, 0.717) is 0 Å². The molecule has 0 unspecified atom stereocenters. The molecule has 0 saturated heterocycles. The quantitative estimate of drug-likeness (QED) is 0.165. The van der Waals surface area contributed by atoms with E-state index in [2.05, 4.69) is 241 Å². The van der Waals surface area contributed by atoms with Crippen LogP contribution in [0.3, 0.4) is 0 Å². The number of rotatable bonds is 4. The summed E-state index contributed by atoms with van der Waals surface area (Å²) in [4.78, 5) is 5.07. The van der Waals surface area contributed by atoms with Gasteiger partial charge < -0.3 is 18.7 Å². The second-order valence-electron chi connectivity index (χ2n) is 23.6. The van der Waals surface area contributed by atoms with Crippen molar-refractivity contribution in [2.24, 2.45) is 0 Å². The van der Waals surface area contributed by atoms with Gasteiger partial charge in [-0.3, -0.25) is 0 Å². The normalized spacial score (nSPS) is 15.7. The van der Waals surface area contributed by atoms with Gasteiger partial charge in [0.15, 0.2) is 0 Å². The first-order valence-electron chi connectivity index (χ1n) is 25.1. The SMILES string of the molecule is CC(C)(C)c1ccc(N2B3c4cc(C(C)(C)C)ccc4-n4c5cc6c(cc5c5c7c(oc8ccccc87)c(c3c54)-c3ccc(N(c4ccccc4)c4ccccc4)cc32)C(C)(C)CCC6(C)C)cc1. The lowest BCUT2D eigenvalue weighted by atomic mass is 9.43. The topological polar surface area (TPSA) is 24.6 Å². The van der Waals surface area contributed by atoms with Crippen molar-refractivity contribution in [3.8, 4) is 16.8 Å². The fourth-order valence-electron chi connectivity index (χ4n) is 12.4. The Hall–Kier alpha value is -6.98. The zero-order chi connectivity index (χ0) is 47.5. The van der Waals surface area contributed by atoms with Crippen LogP contribution in [0.25, 0.3) is 60.6 Å². The van der Waals surface area contributed by atoms with Crippen LogP contribution in [0, 0.1) is 0 Å². The molecular formula is C64H60BN3O. The molecule has 0 fully saturated rings. The third-order valence-corrected chi connectivity index (χ3v) is 16.3. The zero-order valence-corrected chi connectivity index (χ0v) is 41.8. The second-order valence-corrected chi connectivity index (χ2v) is 23.6. The maximum atomic E-state index is 7.37. The van der Waals surface area contributed by atoms with E-state index in [1.54, 1.807) is 0 Å². The minimum atomic E-state index is -0.179. The molecular weight excluding hydrogens is 838 g/mol. The fourth-order valence-corrected chi connectivity index (χ4v) is 12.4. The third-order valence-electron chi connectivity index (χ3n) is 16.3. The number of hydrogen-bond donors (Lipinski definition) is 0. The second kappa shape index (κ2) is 14.3. The Balaban J connectivity index is 1.23. The van der Waals surface area contributed by atoms with Crippen LogP contribution in [0.5, 0.6) is 0 Å². The van der Waals surface area contributed by atoms with Gasteiger partial charge in [0.25, 0.3) is 0 Å². The molecule has 340 valence electrons. The van der Waals surface area contributed by atoms with Crippen LogP contribution in [0.15, 0.2) is 162 Å². The molecule has 0 spiro atoms. The number of anilines is 5. The summed E-state index contributed by atoms with van der Waals surface area (Å²) >= 11 is 0. The highest BCUT2D eigenvalue weighted by molar-refractivity contribution is 6.94. The molecule has 5 heteroatoms. The molecule has 0 saturated carbocycles. The lowest BCUT2D eigenvalue weighted by molar-refractivity contribution is 0.332. The number of para-hydroxylation sites is 3. The lowest BCUT2D eigenvalue weighted by Crippen LogP contribution is -2.60. The van der Waals surface area contributed by atoms with E-state index in [1.807, 2.05) is 0 Å². The molecule has 0 bridgehead atoms. The van der Waals surface area contributed by atoms with Crippen LogP contribution in [0.4, 0.5) is 28.4 Å². The van der Waals surface area contributed by atoms with E-state index in [-0.39, 0.29) is 28.5 Å². The number of nitrogens with zero attached hydrogens (tertiary/aromatic N) is 3. The highest BCUT2D eigenvalue weighted by atomic mass is 16.3. The van der Waals surface area contributed by atoms with Gasteiger partial charge >= 0.3 is 6.85 Å². The molecule has 2 aliphatic heterocycles. The van der Waals surface area contributed by atoms with Crippen molar-refractivity contribution in [2.75, 3.05) is 9.71 Å². The van der Waals surface area contributed by atoms with E-state index in [4.69, 9.17) is 4.42 Å². The molecule has 10 aromatic rings. The van der Waals surface area contributed by atoms with Gasteiger partial charge in [0, 0.05) is 66.8 Å².